The van der Waals surface area contributed by atoms with Crippen molar-refractivity contribution >= 4 is 28.7 Å². The monoisotopic (exact) mass is 419 g/mol. The zero-order valence-corrected chi connectivity index (χ0v) is 17.1. The summed E-state index contributed by atoms with van der Waals surface area (Å²) in [4.78, 5) is 16.5. The fraction of sp³-hybridized carbons (Fsp3) is 0.238. The first kappa shape index (κ1) is 18.7. The van der Waals surface area contributed by atoms with Gasteiger partial charge < -0.3 is 10.6 Å². The third kappa shape index (κ3) is 3.42. The Morgan fingerprint density at radius 2 is 1.80 bits per heavy atom. The molecule has 0 radical (unpaired) electrons. The second-order valence-corrected chi connectivity index (χ2v) is 8.02. The second-order valence-electron chi connectivity index (χ2n) is 7.24. The molecule has 30 heavy (non-hydrogen) atoms. The van der Waals surface area contributed by atoms with Gasteiger partial charge >= 0.3 is 0 Å². The lowest BCUT2D eigenvalue weighted by Gasteiger charge is -2.38. The molecule has 4 aromatic rings. The number of piperazine rings is 1. The number of hydrogen-bond acceptors (Lipinski definition) is 7. The lowest BCUT2D eigenvalue weighted by molar-refractivity contribution is -0.123. The fourth-order valence-electron chi connectivity index (χ4n) is 3.92. The summed E-state index contributed by atoms with van der Waals surface area (Å²) in [5.74, 6) is 1.29. The number of hydrogen-bond donors (Lipinski definition) is 1. The molecule has 152 valence electrons. The number of aromatic nitrogens is 4. The number of carbonyl (C=O) groups is 1. The van der Waals surface area contributed by atoms with Crippen LogP contribution in [0.3, 0.4) is 0 Å². The summed E-state index contributed by atoms with van der Waals surface area (Å²) in [6, 6.07) is 15.2. The molecule has 2 N–H and O–H groups in total. The van der Waals surface area contributed by atoms with E-state index in [0.717, 1.165) is 54.6 Å². The first-order valence-electron chi connectivity index (χ1n) is 9.79. The van der Waals surface area contributed by atoms with Crippen molar-refractivity contribution in [1.82, 2.24) is 24.7 Å². The molecule has 9 heteroatoms. The van der Waals surface area contributed by atoms with E-state index in [9.17, 15) is 4.79 Å². The molecule has 0 saturated carbocycles. The quantitative estimate of drug-likeness (QED) is 0.533. The maximum absolute atomic E-state index is 12.2. The molecular formula is C21H21N7OS. The van der Waals surface area contributed by atoms with Gasteiger partial charge in [-0.2, -0.15) is 15.9 Å². The number of thiophene rings is 1. The van der Waals surface area contributed by atoms with E-state index in [1.165, 1.54) is 0 Å². The Morgan fingerprint density at radius 1 is 1.00 bits per heavy atom. The van der Waals surface area contributed by atoms with Gasteiger partial charge in [-0.15, -0.1) is 15.3 Å². The van der Waals surface area contributed by atoms with Crippen molar-refractivity contribution in [1.29, 1.82) is 0 Å². The number of fused-ring (bicyclic) bond motifs is 1. The van der Waals surface area contributed by atoms with Crippen molar-refractivity contribution in [2.75, 3.05) is 31.1 Å². The summed E-state index contributed by atoms with van der Waals surface area (Å²) in [7, 11) is 0. The number of nitrogens with zero attached hydrogens (tertiary/aromatic N) is 6. The predicted molar refractivity (Wildman–Crippen MR) is 116 cm³/mol. The van der Waals surface area contributed by atoms with E-state index in [4.69, 9.17) is 10.8 Å². The second kappa shape index (κ2) is 7.85. The van der Waals surface area contributed by atoms with Crippen LogP contribution in [0.2, 0.25) is 0 Å². The van der Waals surface area contributed by atoms with Gasteiger partial charge in [0.1, 0.15) is 11.9 Å². The van der Waals surface area contributed by atoms with Crippen molar-refractivity contribution in [2.45, 2.75) is 6.04 Å². The Balaban J connectivity index is 1.36. The minimum atomic E-state index is -0.410. The van der Waals surface area contributed by atoms with E-state index >= 15 is 0 Å². The van der Waals surface area contributed by atoms with Crippen LogP contribution in [0.1, 0.15) is 11.6 Å². The number of carbonyl (C=O) groups excluding carboxylic acids is 1. The van der Waals surface area contributed by atoms with Crippen molar-refractivity contribution in [3.05, 3.63) is 64.9 Å². The van der Waals surface area contributed by atoms with E-state index in [1.807, 2.05) is 59.3 Å². The number of primary amides is 1. The number of amides is 1. The third-order valence-corrected chi connectivity index (χ3v) is 6.10. The van der Waals surface area contributed by atoms with E-state index in [-0.39, 0.29) is 5.91 Å². The summed E-state index contributed by atoms with van der Waals surface area (Å²) in [5.41, 5.74) is 8.40. The maximum atomic E-state index is 12.2. The molecule has 5 rings (SSSR count). The van der Waals surface area contributed by atoms with Crippen LogP contribution in [0.15, 0.2) is 59.3 Å². The highest BCUT2D eigenvalue weighted by molar-refractivity contribution is 7.08. The average Bonchev–Trinajstić information content (AvgIpc) is 3.44. The van der Waals surface area contributed by atoms with Gasteiger partial charge in [-0.05, 0) is 29.1 Å². The fourth-order valence-corrected chi connectivity index (χ4v) is 4.55. The Labute approximate surface area is 177 Å². The van der Waals surface area contributed by atoms with E-state index < -0.39 is 6.04 Å². The first-order chi connectivity index (χ1) is 14.7. The Bertz CT molecular complexity index is 1150. The number of benzene rings is 1. The van der Waals surface area contributed by atoms with Crippen molar-refractivity contribution in [3.63, 3.8) is 0 Å². The van der Waals surface area contributed by atoms with Gasteiger partial charge in [0.15, 0.2) is 11.5 Å². The van der Waals surface area contributed by atoms with Crippen LogP contribution in [0.4, 0.5) is 5.82 Å². The molecule has 1 fully saturated rings. The number of anilines is 1. The zero-order valence-electron chi connectivity index (χ0n) is 16.3. The van der Waals surface area contributed by atoms with Gasteiger partial charge in [0.2, 0.25) is 5.91 Å². The van der Waals surface area contributed by atoms with Crippen LogP contribution in [0.25, 0.3) is 17.0 Å². The molecule has 0 bridgehead atoms. The largest absolute Gasteiger partial charge is 0.368 e. The van der Waals surface area contributed by atoms with Crippen molar-refractivity contribution < 1.29 is 4.79 Å². The number of nitrogens with two attached hydrogens (primary N) is 1. The Morgan fingerprint density at radius 3 is 2.50 bits per heavy atom. The zero-order chi connectivity index (χ0) is 20.5. The molecule has 0 aliphatic carbocycles. The smallest absolute Gasteiger partial charge is 0.239 e. The van der Waals surface area contributed by atoms with Crippen molar-refractivity contribution in [2.24, 2.45) is 5.73 Å². The first-order valence-corrected chi connectivity index (χ1v) is 10.7. The highest BCUT2D eigenvalue weighted by atomic mass is 32.1. The summed E-state index contributed by atoms with van der Waals surface area (Å²) in [5, 5.41) is 17.4. The lowest BCUT2D eigenvalue weighted by atomic mass is 10.0. The Hall–Kier alpha value is -3.30. The van der Waals surface area contributed by atoms with Gasteiger partial charge in [-0.25, -0.2) is 0 Å². The van der Waals surface area contributed by atoms with E-state index in [2.05, 4.69) is 20.0 Å². The van der Waals surface area contributed by atoms with Gasteiger partial charge in [0.05, 0.1) is 0 Å². The SMILES string of the molecule is NC(=O)C(c1ccccc1)N1CCN(c2ccc3nnc(-c4ccsc4)n3n2)CC1. The normalized spacial score (nSPS) is 16.1. The van der Waals surface area contributed by atoms with Crippen molar-refractivity contribution in [3.8, 4) is 11.4 Å². The summed E-state index contributed by atoms with van der Waals surface area (Å²) in [6.07, 6.45) is 0. The lowest BCUT2D eigenvalue weighted by Crippen LogP contribution is -2.50. The molecule has 3 aromatic heterocycles. The highest BCUT2D eigenvalue weighted by Gasteiger charge is 2.29. The summed E-state index contributed by atoms with van der Waals surface area (Å²) >= 11 is 1.62. The molecule has 0 spiro atoms. The molecule has 8 nitrogen and oxygen atoms in total. The highest BCUT2D eigenvalue weighted by Crippen LogP contribution is 2.25. The predicted octanol–water partition coefficient (Wildman–Crippen LogP) is 2.20. The molecular weight excluding hydrogens is 398 g/mol. The van der Waals surface area contributed by atoms with Crippen LogP contribution in [-0.4, -0.2) is 56.8 Å². The van der Waals surface area contributed by atoms with Crippen LogP contribution in [0.5, 0.6) is 0 Å². The topological polar surface area (TPSA) is 92.7 Å². The standard InChI is InChI=1S/C21H21N7OS/c22-20(29)19(15-4-2-1-3-5-15)27-11-9-26(10-12-27)18-7-6-17-23-24-21(28(17)25-18)16-8-13-30-14-16/h1-8,13-14,19H,9-12H2,(H2,22,29). The molecule has 1 saturated heterocycles. The van der Waals surface area contributed by atoms with Gasteiger partial charge in [-0.3, -0.25) is 9.69 Å². The molecule has 1 amide bonds. The third-order valence-electron chi connectivity index (χ3n) is 5.42. The van der Waals surface area contributed by atoms with Crippen LogP contribution >= 0.6 is 11.3 Å². The molecule has 4 heterocycles. The maximum Gasteiger partial charge on any atom is 0.239 e. The van der Waals surface area contributed by atoms with Gasteiger partial charge in [0, 0.05) is 37.1 Å². The van der Waals surface area contributed by atoms with Gasteiger partial charge in [-0.1, -0.05) is 30.3 Å². The van der Waals surface area contributed by atoms with E-state index in [1.54, 1.807) is 15.9 Å². The van der Waals surface area contributed by atoms with E-state index in [0.29, 0.717) is 0 Å². The molecule has 1 aliphatic rings. The Kier molecular flexibility index (Phi) is 4.89. The molecule has 1 unspecified atom stereocenters. The molecule has 1 atom stereocenters. The van der Waals surface area contributed by atoms with Crippen LogP contribution < -0.4 is 10.6 Å². The van der Waals surface area contributed by atoms with Crippen LogP contribution in [-0.2, 0) is 4.79 Å². The van der Waals surface area contributed by atoms with Crippen LogP contribution in [0, 0.1) is 0 Å². The average molecular weight is 420 g/mol. The summed E-state index contributed by atoms with van der Waals surface area (Å²) in [6.45, 7) is 2.96. The minimum absolute atomic E-state index is 0.320. The molecule has 1 aromatic carbocycles. The van der Waals surface area contributed by atoms with Gasteiger partial charge in [0.25, 0.3) is 0 Å². The minimum Gasteiger partial charge on any atom is -0.368 e. The molecule has 1 aliphatic heterocycles. The number of rotatable bonds is 5. The summed E-state index contributed by atoms with van der Waals surface area (Å²) < 4.78 is 1.79.